The van der Waals surface area contributed by atoms with Crippen LogP contribution in [0.5, 0.6) is 5.75 Å². The Morgan fingerprint density at radius 1 is 1.23 bits per heavy atom. The van der Waals surface area contributed by atoms with E-state index in [1.807, 2.05) is 0 Å². The van der Waals surface area contributed by atoms with E-state index in [4.69, 9.17) is 10.5 Å². The van der Waals surface area contributed by atoms with Gasteiger partial charge in [0.25, 0.3) is 0 Å². The Hall–Kier alpha value is -1.75. The first-order chi connectivity index (χ1) is 10.3. The number of hydrogen-bond donors (Lipinski definition) is 2. The van der Waals surface area contributed by atoms with Crippen LogP contribution in [-0.4, -0.2) is 37.6 Å². The second kappa shape index (κ2) is 8.63. The van der Waals surface area contributed by atoms with E-state index >= 15 is 0 Å². The first-order valence-corrected chi connectivity index (χ1v) is 7.77. The number of carbonyl (C=O) groups excluding carboxylic acids is 1. The van der Waals surface area contributed by atoms with Crippen molar-refractivity contribution in [3.63, 3.8) is 0 Å². The van der Waals surface area contributed by atoms with E-state index in [0.717, 1.165) is 13.1 Å². The number of benzene rings is 1. The largest absolute Gasteiger partial charge is 0.494 e. The van der Waals surface area contributed by atoms with Crippen LogP contribution in [0.1, 0.15) is 27.7 Å². The topological polar surface area (TPSA) is 67.6 Å². The van der Waals surface area contributed by atoms with Crippen molar-refractivity contribution < 1.29 is 9.53 Å². The zero-order valence-electron chi connectivity index (χ0n) is 14.3. The molecule has 0 heterocycles. The Labute approximate surface area is 133 Å². The number of amides is 1. The van der Waals surface area contributed by atoms with Crippen molar-refractivity contribution in [3.05, 3.63) is 18.2 Å². The van der Waals surface area contributed by atoms with E-state index in [9.17, 15) is 4.79 Å². The second-order valence-electron chi connectivity index (χ2n) is 6.49. The van der Waals surface area contributed by atoms with Crippen LogP contribution < -0.4 is 15.8 Å². The highest BCUT2D eigenvalue weighted by Gasteiger charge is 2.15. The molecule has 0 aliphatic carbocycles. The van der Waals surface area contributed by atoms with Crippen molar-refractivity contribution in [1.82, 2.24) is 4.90 Å². The normalized spacial score (nSPS) is 11.3. The summed E-state index contributed by atoms with van der Waals surface area (Å²) in [7, 11) is 1.56. The van der Waals surface area contributed by atoms with Gasteiger partial charge in [0.05, 0.1) is 19.3 Å². The van der Waals surface area contributed by atoms with Gasteiger partial charge in [-0.3, -0.25) is 9.69 Å². The van der Waals surface area contributed by atoms with Crippen molar-refractivity contribution in [2.45, 2.75) is 27.7 Å². The van der Waals surface area contributed by atoms with Crippen LogP contribution in [-0.2, 0) is 4.79 Å². The van der Waals surface area contributed by atoms with Crippen molar-refractivity contribution >= 4 is 17.3 Å². The lowest BCUT2D eigenvalue weighted by Gasteiger charge is -2.25. The molecule has 1 aromatic carbocycles. The molecule has 0 saturated heterocycles. The standard InChI is InChI=1S/C17H29N3O2/c1-12(2)9-20(10-13(3)4)11-17(21)19-15-7-6-14(18)8-16(15)22-5/h6-8,12-13H,9-11,18H2,1-5H3,(H,19,21). The van der Waals surface area contributed by atoms with Crippen LogP contribution in [0.3, 0.4) is 0 Å². The summed E-state index contributed by atoms with van der Waals surface area (Å²) in [5.41, 5.74) is 6.98. The van der Waals surface area contributed by atoms with Gasteiger partial charge in [-0.15, -0.1) is 0 Å². The highest BCUT2D eigenvalue weighted by molar-refractivity contribution is 5.94. The van der Waals surface area contributed by atoms with Crippen molar-refractivity contribution in [2.75, 3.05) is 37.8 Å². The molecule has 1 amide bonds. The minimum absolute atomic E-state index is 0.0376. The third kappa shape index (κ3) is 6.35. The van der Waals surface area contributed by atoms with Crippen molar-refractivity contribution in [2.24, 2.45) is 11.8 Å². The number of hydrogen-bond acceptors (Lipinski definition) is 4. The molecule has 0 radical (unpaired) electrons. The Balaban J connectivity index is 2.70. The van der Waals surface area contributed by atoms with Crippen LogP contribution in [0, 0.1) is 11.8 Å². The number of nitrogen functional groups attached to an aromatic ring is 1. The molecule has 5 nitrogen and oxygen atoms in total. The summed E-state index contributed by atoms with van der Waals surface area (Å²) in [6.45, 7) is 10.8. The lowest BCUT2D eigenvalue weighted by molar-refractivity contribution is -0.117. The Morgan fingerprint density at radius 3 is 2.32 bits per heavy atom. The van der Waals surface area contributed by atoms with Gasteiger partial charge in [0.1, 0.15) is 5.75 Å². The fraction of sp³-hybridized carbons (Fsp3) is 0.588. The minimum Gasteiger partial charge on any atom is -0.494 e. The minimum atomic E-state index is -0.0376. The van der Waals surface area contributed by atoms with Gasteiger partial charge in [0, 0.05) is 24.8 Å². The molecule has 1 aromatic rings. The molecule has 5 heteroatoms. The number of carbonyl (C=O) groups is 1. The van der Waals surface area contributed by atoms with Crippen LogP contribution in [0.2, 0.25) is 0 Å². The molecule has 0 aromatic heterocycles. The summed E-state index contributed by atoms with van der Waals surface area (Å²) < 4.78 is 5.25. The summed E-state index contributed by atoms with van der Waals surface area (Å²) in [6.07, 6.45) is 0. The predicted octanol–water partition coefficient (Wildman–Crippen LogP) is 2.83. The number of nitrogens with one attached hydrogen (secondary N) is 1. The third-order valence-corrected chi connectivity index (χ3v) is 3.11. The molecule has 0 spiro atoms. The Bertz CT molecular complexity index is 477. The molecule has 0 aliphatic heterocycles. The maximum Gasteiger partial charge on any atom is 0.238 e. The molecule has 0 aliphatic rings. The number of nitrogens with zero attached hydrogens (tertiary/aromatic N) is 1. The fourth-order valence-corrected chi connectivity index (χ4v) is 2.44. The summed E-state index contributed by atoms with van der Waals surface area (Å²) in [5.74, 6) is 1.59. The van der Waals surface area contributed by atoms with Crippen LogP contribution in [0.25, 0.3) is 0 Å². The lowest BCUT2D eigenvalue weighted by Crippen LogP contribution is -2.38. The third-order valence-electron chi connectivity index (χ3n) is 3.11. The molecule has 0 fully saturated rings. The van der Waals surface area contributed by atoms with Crippen LogP contribution in [0.15, 0.2) is 18.2 Å². The highest BCUT2D eigenvalue weighted by Crippen LogP contribution is 2.26. The average Bonchev–Trinajstić information content (AvgIpc) is 2.39. The molecular weight excluding hydrogens is 278 g/mol. The van der Waals surface area contributed by atoms with Crippen molar-refractivity contribution in [3.8, 4) is 5.75 Å². The van der Waals surface area contributed by atoms with E-state index < -0.39 is 0 Å². The van der Waals surface area contributed by atoms with Gasteiger partial charge in [-0.05, 0) is 24.0 Å². The summed E-state index contributed by atoms with van der Waals surface area (Å²) in [4.78, 5) is 14.5. The van der Waals surface area contributed by atoms with Gasteiger partial charge in [-0.25, -0.2) is 0 Å². The van der Waals surface area contributed by atoms with Crippen molar-refractivity contribution in [1.29, 1.82) is 0 Å². The van der Waals surface area contributed by atoms with Gasteiger partial charge in [-0.2, -0.15) is 0 Å². The number of nitrogens with two attached hydrogens (primary N) is 1. The van der Waals surface area contributed by atoms with E-state index in [1.54, 1.807) is 25.3 Å². The van der Waals surface area contributed by atoms with E-state index in [0.29, 0.717) is 35.5 Å². The first-order valence-electron chi connectivity index (χ1n) is 7.77. The SMILES string of the molecule is COc1cc(N)ccc1NC(=O)CN(CC(C)C)CC(C)C. The van der Waals surface area contributed by atoms with Gasteiger partial charge < -0.3 is 15.8 Å². The summed E-state index contributed by atoms with van der Waals surface area (Å²) in [6, 6.07) is 5.22. The Kier molecular flexibility index (Phi) is 7.18. The Morgan fingerprint density at radius 2 is 1.82 bits per heavy atom. The maximum absolute atomic E-state index is 12.3. The molecular formula is C17H29N3O2. The summed E-state index contributed by atoms with van der Waals surface area (Å²) in [5, 5.41) is 2.90. The number of anilines is 2. The zero-order chi connectivity index (χ0) is 16.7. The molecule has 0 saturated carbocycles. The second-order valence-corrected chi connectivity index (χ2v) is 6.49. The zero-order valence-corrected chi connectivity index (χ0v) is 14.3. The quantitative estimate of drug-likeness (QED) is 0.725. The smallest absolute Gasteiger partial charge is 0.238 e. The maximum atomic E-state index is 12.3. The molecule has 1 rings (SSSR count). The number of ether oxygens (including phenoxy) is 1. The van der Waals surface area contributed by atoms with E-state index in [1.165, 1.54) is 0 Å². The molecule has 124 valence electrons. The number of methoxy groups -OCH3 is 1. The lowest BCUT2D eigenvalue weighted by atomic mass is 10.1. The molecule has 22 heavy (non-hydrogen) atoms. The van der Waals surface area contributed by atoms with Gasteiger partial charge in [0.15, 0.2) is 0 Å². The van der Waals surface area contributed by atoms with Gasteiger partial charge in [-0.1, -0.05) is 27.7 Å². The monoisotopic (exact) mass is 307 g/mol. The van der Waals surface area contributed by atoms with Gasteiger partial charge in [0.2, 0.25) is 5.91 Å². The number of rotatable bonds is 8. The molecule has 0 bridgehead atoms. The predicted molar refractivity (Wildman–Crippen MR) is 92.2 cm³/mol. The highest BCUT2D eigenvalue weighted by atomic mass is 16.5. The molecule has 0 atom stereocenters. The molecule has 0 unspecified atom stereocenters. The van der Waals surface area contributed by atoms with Crippen LogP contribution in [0.4, 0.5) is 11.4 Å². The summed E-state index contributed by atoms with van der Waals surface area (Å²) >= 11 is 0. The fourth-order valence-electron chi connectivity index (χ4n) is 2.44. The first kappa shape index (κ1) is 18.3. The van der Waals surface area contributed by atoms with E-state index in [-0.39, 0.29) is 5.91 Å². The van der Waals surface area contributed by atoms with Crippen LogP contribution >= 0.6 is 0 Å². The average molecular weight is 307 g/mol. The molecule has 3 N–H and O–H groups in total. The van der Waals surface area contributed by atoms with E-state index in [2.05, 4.69) is 37.9 Å². The van der Waals surface area contributed by atoms with Gasteiger partial charge >= 0.3 is 0 Å².